The third-order valence-electron chi connectivity index (χ3n) is 4.00. The number of ether oxygens (including phenoxy) is 1. The zero-order chi connectivity index (χ0) is 19.2. The number of benzene rings is 3. The van der Waals surface area contributed by atoms with E-state index in [-0.39, 0.29) is 0 Å². The summed E-state index contributed by atoms with van der Waals surface area (Å²) in [6.07, 6.45) is 2.09. The molecule has 0 radical (unpaired) electrons. The number of amides is 1. The van der Waals surface area contributed by atoms with Crippen molar-refractivity contribution in [3.63, 3.8) is 0 Å². The highest BCUT2D eigenvalue weighted by atomic mass is 35.5. The largest absolute Gasteiger partial charge is 0.449 e. The molecule has 0 saturated carbocycles. The molecule has 0 aliphatic rings. The Labute approximate surface area is 162 Å². The summed E-state index contributed by atoms with van der Waals surface area (Å²) in [4.78, 5) is 24.2. The van der Waals surface area contributed by atoms with Gasteiger partial charge >= 0.3 is 5.97 Å². The minimum absolute atomic E-state index is 0.413. The first-order valence-corrected chi connectivity index (χ1v) is 8.83. The average Bonchev–Trinajstić information content (AvgIpc) is 2.68. The molecule has 4 nitrogen and oxygen atoms in total. The number of carbonyl (C=O) groups excluding carboxylic acids is 2. The van der Waals surface area contributed by atoms with Crippen LogP contribution >= 0.6 is 11.6 Å². The molecule has 1 atom stereocenters. The van der Waals surface area contributed by atoms with Crippen LogP contribution in [0.25, 0.3) is 16.8 Å². The summed E-state index contributed by atoms with van der Waals surface area (Å²) in [7, 11) is 0. The molecule has 27 heavy (non-hydrogen) atoms. The molecule has 0 aliphatic carbocycles. The van der Waals surface area contributed by atoms with Crippen molar-refractivity contribution in [2.75, 3.05) is 5.32 Å². The maximum atomic E-state index is 12.1. The lowest BCUT2D eigenvalue weighted by atomic mass is 10.0. The summed E-state index contributed by atoms with van der Waals surface area (Å²) in [5.41, 5.74) is 1.49. The smallest absolute Gasteiger partial charge is 0.331 e. The third-order valence-corrected chi connectivity index (χ3v) is 4.25. The van der Waals surface area contributed by atoms with Crippen LogP contribution < -0.4 is 5.32 Å². The van der Waals surface area contributed by atoms with Gasteiger partial charge in [0.25, 0.3) is 5.91 Å². The molecule has 5 heteroatoms. The standard InChI is InChI=1S/C22H18ClNO3/c1-15(22(26)24-19-12-10-18(23)11-13-19)27-21(25)14-9-17-7-4-6-16-5-2-3-8-20(16)17/h2-15H,1H3,(H,24,26). The SMILES string of the molecule is CC(OC(=O)C=Cc1cccc2ccccc12)C(=O)Nc1ccc(Cl)cc1. The van der Waals surface area contributed by atoms with Gasteiger partial charge in [-0.3, -0.25) is 4.79 Å². The molecule has 3 aromatic rings. The van der Waals surface area contributed by atoms with Gasteiger partial charge in [-0.15, -0.1) is 0 Å². The summed E-state index contributed by atoms with van der Waals surface area (Å²) in [6.45, 7) is 1.52. The van der Waals surface area contributed by atoms with Crippen LogP contribution in [0.5, 0.6) is 0 Å². The number of nitrogens with one attached hydrogen (secondary N) is 1. The van der Waals surface area contributed by atoms with E-state index in [0.29, 0.717) is 10.7 Å². The molecule has 1 amide bonds. The monoisotopic (exact) mass is 379 g/mol. The van der Waals surface area contributed by atoms with E-state index in [2.05, 4.69) is 5.32 Å². The highest BCUT2D eigenvalue weighted by Crippen LogP contribution is 2.19. The van der Waals surface area contributed by atoms with Crippen molar-refractivity contribution in [2.45, 2.75) is 13.0 Å². The number of hydrogen-bond acceptors (Lipinski definition) is 3. The van der Waals surface area contributed by atoms with Gasteiger partial charge in [0.1, 0.15) is 0 Å². The number of hydrogen-bond donors (Lipinski definition) is 1. The van der Waals surface area contributed by atoms with Crippen molar-refractivity contribution >= 4 is 46.0 Å². The van der Waals surface area contributed by atoms with E-state index in [1.165, 1.54) is 13.0 Å². The molecule has 0 aromatic heterocycles. The van der Waals surface area contributed by atoms with Crippen molar-refractivity contribution in [1.82, 2.24) is 0 Å². The lowest BCUT2D eigenvalue weighted by molar-refractivity contribution is -0.148. The first-order valence-electron chi connectivity index (χ1n) is 8.46. The third kappa shape index (κ3) is 4.96. The summed E-state index contributed by atoms with van der Waals surface area (Å²) in [6, 6.07) is 20.4. The van der Waals surface area contributed by atoms with Crippen LogP contribution in [0.4, 0.5) is 5.69 Å². The minimum atomic E-state index is -0.926. The van der Waals surface area contributed by atoms with E-state index >= 15 is 0 Å². The highest BCUT2D eigenvalue weighted by molar-refractivity contribution is 6.30. The Morgan fingerprint density at radius 1 is 1.00 bits per heavy atom. The average molecular weight is 380 g/mol. The van der Waals surface area contributed by atoms with Crippen LogP contribution in [0.15, 0.2) is 72.8 Å². The van der Waals surface area contributed by atoms with Gasteiger partial charge in [-0.25, -0.2) is 4.79 Å². The van der Waals surface area contributed by atoms with E-state index in [1.54, 1.807) is 30.3 Å². The van der Waals surface area contributed by atoms with Gasteiger partial charge in [0, 0.05) is 16.8 Å². The summed E-state index contributed by atoms with van der Waals surface area (Å²) in [5.74, 6) is -0.995. The fourth-order valence-electron chi connectivity index (χ4n) is 2.60. The predicted octanol–water partition coefficient (Wildman–Crippen LogP) is 5.08. The first-order chi connectivity index (χ1) is 13.0. The van der Waals surface area contributed by atoms with E-state index in [0.717, 1.165) is 16.3 Å². The molecule has 0 heterocycles. The molecular formula is C22H18ClNO3. The lowest BCUT2D eigenvalue weighted by Crippen LogP contribution is -2.29. The molecule has 0 bridgehead atoms. The molecule has 0 fully saturated rings. The second kappa shape index (κ2) is 8.52. The number of halogens is 1. The van der Waals surface area contributed by atoms with Crippen molar-refractivity contribution in [1.29, 1.82) is 0 Å². The maximum Gasteiger partial charge on any atom is 0.331 e. The van der Waals surface area contributed by atoms with Gasteiger partial charge in [-0.1, -0.05) is 54.1 Å². The highest BCUT2D eigenvalue weighted by Gasteiger charge is 2.16. The van der Waals surface area contributed by atoms with Gasteiger partial charge in [-0.05, 0) is 53.6 Å². The van der Waals surface area contributed by atoms with Gasteiger partial charge < -0.3 is 10.1 Å². The van der Waals surface area contributed by atoms with Crippen molar-refractivity contribution < 1.29 is 14.3 Å². The quantitative estimate of drug-likeness (QED) is 0.497. The van der Waals surface area contributed by atoms with Crippen molar-refractivity contribution in [3.8, 4) is 0 Å². The molecule has 0 spiro atoms. The predicted molar refractivity (Wildman–Crippen MR) is 109 cm³/mol. The normalized spacial score (nSPS) is 12.1. The van der Waals surface area contributed by atoms with Gasteiger partial charge in [-0.2, -0.15) is 0 Å². The van der Waals surface area contributed by atoms with E-state index in [4.69, 9.17) is 16.3 Å². The van der Waals surface area contributed by atoms with Gasteiger partial charge in [0.05, 0.1) is 0 Å². The summed E-state index contributed by atoms with van der Waals surface area (Å²) < 4.78 is 5.18. The van der Waals surface area contributed by atoms with E-state index in [1.807, 2.05) is 42.5 Å². The van der Waals surface area contributed by atoms with Crippen LogP contribution in [0.2, 0.25) is 5.02 Å². The van der Waals surface area contributed by atoms with Gasteiger partial charge in [0.2, 0.25) is 0 Å². The lowest BCUT2D eigenvalue weighted by Gasteiger charge is -2.12. The Morgan fingerprint density at radius 2 is 1.70 bits per heavy atom. The summed E-state index contributed by atoms with van der Waals surface area (Å²) >= 11 is 5.81. The number of rotatable bonds is 5. The number of carbonyl (C=O) groups is 2. The fourth-order valence-corrected chi connectivity index (χ4v) is 2.72. The van der Waals surface area contributed by atoms with E-state index in [9.17, 15) is 9.59 Å². The second-order valence-electron chi connectivity index (χ2n) is 5.98. The number of fused-ring (bicyclic) bond motifs is 1. The molecular weight excluding hydrogens is 362 g/mol. The Hall–Kier alpha value is -3.11. The molecule has 0 saturated heterocycles. The zero-order valence-corrected chi connectivity index (χ0v) is 15.4. The van der Waals surface area contributed by atoms with Crippen LogP contribution in [-0.4, -0.2) is 18.0 Å². The Kier molecular flexibility index (Phi) is 5.89. The number of esters is 1. The number of anilines is 1. The fraction of sp³-hybridized carbons (Fsp3) is 0.0909. The summed E-state index contributed by atoms with van der Waals surface area (Å²) in [5, 5.41) is 5.37. The maximum absolute atomic E-state index is 12.1. The van der Waals surface area contributed by atoms with Crippen LogP contribution in [0, 0.1) is 0 Å². The van der Waals surface area contributed by atoms with Gasteiger partial charge in [0.15, 0.2) is 6.10 Å². The van der Waals surface area contributed by atoms with Crippen LogP contribution in [0.3, 0.4) is 0 Å². The Morgan fingerprint density at radius 3 is 2.48 bits per heavy atom. The Balaban J connectivity index is 1.61. The molecule has 3 rings (SSSR count). The topological polar surface area (TPSA) is 55.4 Å². The zero-order valence-electron chi connectivity index (χ0n) is 14.7. The Bertz CT molecular complexity index is 991. The molecule has 1 N–H and O–H groups in total. The second-order valence-corrected chi connectivity index (χ2v) is 6.41. The molecule has 3 aromatic carbocycles. The molecule has 1 unspecified atom stereocenters. The van der Waals surface area contributed by atoms with E-state index < -0.39 is 18.0 Å². The molecule has 0 aliphatic heterocycles. The first kappa shape index (κ1) is 18.7. The minimum Gasteiger partial charge on any atom is -0.449 e. The van der Waals surface area contributed by atoms with Crippen LogP contribution in [-0.2, 0) is 14.3 Å². The van der Waals surface area contributed by atoms with Crippen molar-refractivity contribution in [2.24, 2.45) is 0 Å². The van der Waals surface area contributed by atoms with Crippen molar-refractivity contribution in [3.05, 3.63) is 83.4 Å². The molecule has 136 valence electrons. The van der Waals surface area contributed by atoms with Crippen LogP contribution in [0.1, 0.15) is 12.5 Å².